The van der Waals surface area contributed by atoms with E-state index in [1.165, 1.54) is 0 Å². The van der Waals surface area contributed by atoms with Gasteiger partial charge in [0, 0.05) is 10.6 Å². The molecule has 0 spiro atoms. The summed E-state index contributed by atoms with van der Waals surface area (Å²) in [6, 6.07) is 4.99. The topological polar surface area (TPSA) is 26.3 Å². The number of halogens is 2. The zero-order chi connectivity index (χ0) is 12.1. The fourth-order valence-electron chi connectivity index (χ4n) is 1.30. The summed E-state index contributed by atoms with van der Waals surface area (Å²) in [5, 5.41) is 0.974. The van der Waals surface area contributed by atoms with Crippen molar-refractivity contribution in [3.05, 3.63) is 39.9 Å². The lowest BCUT2D eigenvalue weighted by Gasteiger charge is -2.08. The van der Waals surface area contributed by atoms with Crippen LogP contribution in [0, 0.1) is 0 Å². The van der Waals surface area contributed by atoms with Crippen molar-refractivity contribution in [2.75, 3.05) is 6.61 Å². The van der Waals surface area contributed by atoms with E-state index >= 15 is 0 Å². The third kappa shape index (κ3) is 3.00. The van der Waals surface area contributed by atoms with Crippen LogP contribution in [0.4, 0.5) is 0 Å². The quantitative estimate of drug-likeness (QED) is 0.606. The predicted molar refractivity (Wildman–Crippen MR) is 66.7 cm³/mol. The monoisotopic (exact) mass is 258 g/mol. The van der Waals surface area contributed by atoms with E-state index in [-0.39, 0.29) is 5.97 Å². The van der Waals surface area contributed by atoms with Crippen LogP contribution in [0.1, 0.15) is 19.4 Å². The molecule has 4 heteroatoms. The van der Waals surface area contributed by atoms with Crippen molar-refractivity contribution in [1.29, 1.82) is 0 Å². The normalized spacial score (nSPS) is 11.4. The number of rotatable bonds is 3. The van der Waals surface area contributed by atoms with Crippen LogP contribution < -0.4 is 0 Å². The Morgan fingerprint density at radius 1 is 1.44 bits per heavy atom. The van der Waals surface area contributed by atoms with Crippen LogP contribution in [0.3, 0.4) is 0 Å². The zero-order valence-electron chi connectivity index (χ0n) is 9.09. The molecule has 0 unspecified atom stereocenters. The van der Waals surface area contributed by atoms with Crippen LogP contribution in [-0.4, -0.2) is 12.6 Å². The maximum absolute atomic E-state index is 11.6. The molecule has 1 aromatic rings. The minimum Gasteiger partial charge on any atom is -0.462 e. The van der Waals surface area contributed by atoms with Gasteiger partial charge in [-0.05, 0) is 26.0 Å². The van der Waals surface area contributed by atoms with Gasteiger partial charge in [0.15, 0.2) is 0 Å². The molecule has 0 fully saturated rings. The van der Waals surface area contributed by atoms with Crippen molar-refractivity contribution in [3.8, 4) is 0 Å². The Bertz CT molecular complexity index is 425. The number of allylic oxidation sites excluding steroid dienone is 1. The predicted octanol–water partition coefficient (Wildman–Crippen LogP) is 3.96. The molecule has 2 nitrogen and oxygen atoms in total. The lowest BCUT2D eigenvalue weighted by atomic mass is 10.1. The smallest absolute Gasteiger partial charge is 0.338 e. The van der Waals surface area contributed by atoms with E-state index in [1.807, 2.05) is 0 Å². The number of ether oxygens (including phenoxy) is 1. The molecule has 1 rings (SSSR count). The lowest BCUT2D eigenvalue weighted by Crippen LogP contribution is -2.07. The van der Waals surface area contributed by atoms with Gasteiger partial charge in [-0.25, -0.2) is 4.79 Å². The summed E-state index contributed by atoms with van der Waals surface area (Å²) < 4.78 is 4.94. The van der Waals surface area contributed by atoms with E-state index in [1.54, 1.807) is 38.1 Å². The second-order valence-corrected chi connectivity index (χ2v) is 3.89. The van der Waals surface area contributed by atoms with E-state index in [9.17, 15) is 4.79 Å². The molecule has 0 saturated heterocycles. The van der Waals surface area contributed by atoms with Gasteiger partial charge in [-0.15, -0.1) is 0 Å². The Morgan fingerprint density at radius 2 is 2.12 bits per heavy atom. The molecule has 0 amide bonds. The van der Waals surface area contributed by atoms with Crippen molar-refractivity contribution in [2.24, 2.45) is 0 Å². The minimum absolute atomic E-state index is 0.335. The largest absolute Gasteiger partial charge is 0.462 e. The summed E-state index contributed by atoms with van der Waals surface area (Å²) in [5.74, 6) is -0.380. The van der Waals surface area contributed by atoms with Crippen molar-refractivity contribution < 1.29 is 9.53 Å². The number of hydrogen-bond donors (Lipinski definition) is 0. The van der Waals surface area contributed by atoms with Gasteiger partial charge < -0.3 is 4.74 Å². The standard InChI is InChI=1S/C12H12Cl2O2/c1-3-9(12(15)16-4-2)10-6-5-8(13)7-11(10)14/h3,5-7H,4H2,1-2H3. The SMILES string of the molecule is CC=C(C(=O)OCC)c1ccc(Cl)cc1Cl. The number of esters is 1. The van der Waals surface area contributed by atoms with E-state index < -0.39 is 0 Å². The Morgan fingerprint density at radius 3 is 2.62 bits per heavy atom. The molecular weight excluding hydrogens is 247 g/mol. The van der Waals surface area contributed by atoms with E-state index in [0.717, 1.165) is 0 Å². The van der Waals surface area contributed by atoms with Crippen LogP contribution in [-0.2, 0) is 9.53 Å². The highest BCUT2D eigenvalue weighted by Crippen LogP contribution is 2.27. The molecule has 0 radical (unpaired) electrons. The zero-order valence-corrected chi connectivity index (χ0v) is 10.6. The molecule has 0 aliphatic carbocycles. The fourth-order valence-corrected chi connectivity index (χ4v) is 1.81. The van der Waals surface area contributed by atoms with Crippen LogP contribution >= 0.6 is 23.2 Å². The van der Waals surface area contributed by atoms with Crippen LogP contribution in [0.15, 0.2) is 24.3 Å². The molecule has 0 bridgehead atoms. The summed E-state index contributed by atoms with van der Waals surface area (Å²) >= 11 is 11.8. The van der Waals surface area contributed by atoms with Crippen molar-refractivity contribution >= 4 is 34.7 Å². The molecule has 0 saturated carbocycles. The van der Waals surface area contributed by atoms with Crippen molar-refractivity contribution in [2.45, 2.75) is 13.8 Å². The average molecular weight is 259 g/mol. The van der Waals surface area contributed by atoms with Gasteiger partial charge in [-0.3, -0.25) is 0 Å². The maximum atomic E-state index is 11.6. The molecule has 0 aliphatic heterocycles. The molecule has 86 valence electrons. The molecule has 0 aromatic heterocycles. The number of carbonyl (C=O) groups excluding carboxylic acids is 1. The van der Waals surface area contributed by atoms with Gasteiger partial charge in [-0.2, -0.15) is 0 Å². The van der Waals surface area contributed by atoms with Crippen molar-refractivity contribution in [3.63, 3.8) is 0 Å². The van der Waals surface area contributed by atoms with E-state index in [2.05, 4.69) is 0 Å². The first-order valence-corrected chi connectivity index (χ1v) is 5.64. The summed E-state index contributed by atoms with van der Waals surface area (Å²) in [4.78, 5) is 11.6. The first-order chi connectivity index (χ1) is 7.60. The summed E-state index contributed by atoms with van der Waals surface area (Å²) in [5.41, 5.74) is 1.08. The second-order valence-electron chi connectivity index (χ2n) is 3.05. The third-order valence-corrected chi connectivity index (χ3v) is 2.55. The Labute approximate surface area is 105 Å². The molecular formula is C12H12Cl2O2. The molecule has 0 aliphatic rings. The average Bonchev–Trinajstić information content (AvgIpc) is 2.22. The lowest BCUT2D eigenvalue weighted by molar-refractivity contribution is -0.136. The van der Waals surface area contributed by atoms with Crippen LogP contribution in [0.25, 0.3) is 5.57 Å². The molecule has 16 heavy (non-hydrogen) atoms. The van der Waals surface area contributed by atoms with Crippen LogP contribution in [0.2, 0.25) is 10.0 Å². The highest BCUT2D eigenvalue weighted by molar-refractivity contribution is 6.37. The highest BCUT2D eigenvalue weighted by atomic mass is 35.5. The summed E-state index contributed by atoms with van der Waals surface area (Å²) in [7, 11) is 0. The number of carbonyl (C=O) groups is 1. The first-order valence-electron chi connectivity index (χ1n) is 4.89. The Kier molecular flexibility index (Phi) is 4.84. The van der Waals surface area contributed by atoms with Crippen molar-refractivity contribution in [1.82, 2.24) is 0 Å². The molecule has 1 aromatic carbocycles. The minimum atomic E-state index is -0.380. The maximum Gasteiger partial charge on any atom is 0.338 e. The molecule has 0 N–H and O–H groups in total. The number of benzene rings is 1. The van der Waals surface area contributed by atoms with Gasteiger partial charge in [-0.1, -0.05) is 35.3 Å². The van der Waals surface area contributed by atoms with Gasteiger partial charge in [0.2, 0.25) is 0 Å². The van der Waals surface area contributed by atoms with Crippen LogP contribution in [0.5, 0.6) is 0 Å². The van der Waals surface area contributed by atoms with Gasteiger partial charge >= 0.3 is 5.97 Å². The summed E-state index contributed by atoms with van der Waals surface area (Å²) in [6.45, 7) is 3.85. The summed E-state index contributed by atoms with van der Waals surface area (Å²) in [6.07, 6.45) is 1.67. The third-order valence-electron chi connectivity index (χ3n) is 2.01. The Hall–Kier alpha value is -0.990. The van der Waals surface area contributed by atoms with Gasteiger partial charge in [0.25, 0.3) is 0 Å². The Balaban J connectivity index is 3.10. The first kappa shape index (κ1) is 13.1. The second kappa shape index (κ2) is 5.92. The molecule has 0 heterocycles. The highest BCUT2D eigenvalue weighted by Gasteiger charge is 2.15. The van der Waals surface area contributed by atoms with Gasteiger partial charge in [0.1, 0.15) is 0 Å². The van der Waals surface area contributed by atoms with E-state index in [0.29, 0.717) is 27.8 Å². The molecule has 0 atom stereocenters. The number of hydrogen-bond acceptors (Lipinski definition) is 2. The van der Waals surface area contributed by atoms with E-state index in [4.69, 9.17) is 27.9 Å². The van der Waals surface area contributed by atoms with Gasteiger partial charge in [0.05, 0.1) is 17.2 Å². The fraction of sp³-hybridized carbons (Fsp3) is 0.250.